The van der Waals surface area contributed by atoms with Gasteiger partial charge in [-0.3, -0.25) is 9.52 Å². The fraction of sp³-hybridized carbons (Fsp3) is 0.240. The second-order valence-electron chi connectivity index (χ2n) is 7.82. The fourth-order valence-corrected chi connectivity index (χ4v) is 5.12. The van der Waals surface area contributed by atoms with Crippen molar-refractivity contribution in [2.24, 2.45) is 0 Å². The van der Waals surface area contributed by atoms with E-state index in [-0.39, 0.29) is 15.5 Å². The number of amides is 1. The van der Waals surface area contributed by atoms with E-state index in [0.717, 1.165) is 16.7 Å². The van der Waals surface area contributed by atoms with Gasteiger partial charge in [0.05, 0.1) is 19.2 Å². The minimum atomic E-state index is -4.00. The molecule has 0 spiro atoms. The van der Waals surface area contributed by atoms with E-state index < -0.39 is 15.9 Å². The smallest absolute Gasteiger partial charge is 0.263 e. The number of carbonyl (C=O) groups is 1. The Bertz CT molecular complexity index is 1290. The van der Waals surface area contributed by atoms with Gasteiger partial charge < -0.3 is 14.8 Å². The number of rotatable bonds is 9. The van der Waals surface area contributed by atoms with E-state index >= 15 is 0 Å². The molecule has 3 rings (SSSR count). The second-order valence-corrected chi connectivity index (χ2v) is 9.88. The molecule has 0 aromatic heterocycles. The highest BCUT2D eigenvalue weighted by atomic mass is 35.5. The first-order valence-corrected chi connectivity index (χ1v) is 12.4. The topological polar surface area (TPSA) is 93.7 Å². The molecule has 7 nitrogen and oxygen atoms in total. The molecule has 0 radical (unpaired) electrons. The Kier molecular flexibility index (Phi) is 8.06. The Hall–Kier alpha value is -3.23. The number of aryl methyl sites for hydroxylation is 2. The van der Waals surface area contributed by atoms with E-state index in [4.69, 9.17) is 21.1 Å². The zero-order chi connectivity index (χ0) is 24.9. The Morgan fingerprint density at radius 1 is 0.912 bits per heavy atom. The van der Waals surface area contributed by atoms with Crippen LogP contribution < -0.4 is 19.5 Å². The van der Waals surface area contributed by atoms with Gasteiger partial charge in [0.1, 0.15) is 4.90 Å². The summed E-state index contributed by atoms with van der Waals surface area (Å²) in [5.41, 5.74) is 3.42. The molecule has 0 saturated heterocycles. The second kappa shape index (κ2) is 10.8. The SMILES string of the molecule is COc1ccc(CCNC(=O)c2ccc(Cl)c(S(=O)(=O)Nc3cc(C)cc(C)c3)c2)cc1OC. The number of benzene rings is 3. The van der Waals surface area contributed by atoms with Gasteiger partial charge in [-0.25, -0.2) is 8.42 Å². The van der Waals surface area contributed by atoms with Crippen LogP contribution in [0.2, 0.25) is 5.02 Å². The number of sulfonamides is 1. The number of ether oxygens (including phenoxy) is 2. The quantitative estimate of drug-likeness (QED) is 0.440. The van der Waals surface area contributed by atoms with Gasteiger partial charge in [-0.1, -0.05) is 23.7 Å². The molecule has 180 valence electrons. The number of nitrogens with one attached hydrogen (secondary N) is 2. The summed E-state index contributed by atoms with van der Waals surface area (Å²) in [6, 6.07) is 15.1. The number of hydrogen-bond acceptors (Lipinski definition) is 5. The first-order chi connectivity index (χ1) is 16.1. The number of halogens is 1. The third-order valence-electron chi connectivity index (χ3n) is 5.10. The van der Waals surface area contributed by atoms with Gasteiger partial charge in [0.2, 0.25) is 0 Å². The van der Waals surface area contributed by atoms with Gasteiger partial charge in [-0.2, -0.15) is 0 Å². The van der Waals surface area contributed by atoms with Crippen LogP contribution in [0.15, 0.2) is 59.5 Å². The maximum absolute atomic E-state index is 13.0. The van der Waals surface area contributed by atoms with Gasteiger partial charge in [-0.15, -0.1) is 0 Å². The molecule has 0 heterocycles. The van der Waals surface area contributed by atoms with Crippen LogP contribution >= 0.6 is 11.6 Å². The molecule has 0 bridgehead atoms. The van der Waals surface area contributed by atoms with Gasteiger partial charge in [-0.05, 0) is 79.4 Å². The molecule has 34 heavy (non-hydrogen) atoms. The van der Waals surface area contributed by atoms with Crippen molar-refractivity contribution in [1.29, 1.82) is 0 Å². The summed E-state index contributed by atoms with van der Waals surface area (Å²) in [5.74, 6) is 0.829. The molecule has 1 amide bonds. The molecular formula is C25H27ClN2O5S. The minimum absolute atomic E-state index is 0.0266. The summed E-state index contributed by atoms with van der Waals surface area (Å²) < 4.78 is 39.0. The van der Waals surface area contributed by atoms with Crippen LogP contribution in [0.3, 0.4) is 0 Å². The molecule has 0 atom stereocenters. The van der Waals surface area contributed by atoms with Gasteiger partial charge in [0.25, 0.3) is 15.9 Å². The van der Waals surface area contributed by atoms with Crippen molar-refractivity contribution < 1.29 is 22.7 Å². The van der Waals surface area contributed by atoms with E-state index in [1.807, 2.05) is 32.0 Å². The minimum Gasteiger partial charge on any atom is -0.493 e. The van der Waals surface area contributed by atoms with Gasteiger partial charge in [0, 0.05) is 17.8 Å². The summed E-state index contributed by atoms with van der Waals surface area (Å²) >= 11 is 6.18. The molecule has 2 N–H and O–H groups in total. The zero-order valence-corrected chi connectivity index (χ0v) is 21.0. The molecule has 3 aromatic rings. The number of hydrogen-bond donors (Lipinski definition) is 2. The average Bonchev–Trinajstić information content (AvgIpc) is 2.78. The molecule has 0 unspecified atom stereocenters. The van der Waals surface area contributed by atoms with Crippen molar-refractivity contribution in [2.75, 3.05) is 25.5 Å². The van der Waals surface area contributed by atoms with E-state index in [9.17, 15) is 13.2 Å². The van der Waals surface area contributed by atoms with Crippen molar-refractivity contribution in [2.45, 2.75) is 25.2 Å². The predicted octanol–water partition coefficient (Wildman–Crippen LogP) is 4.75. The molecule has 0 saturated carbocycles. The molecule has 0 aliphatic carbocycles. The maximum atomic E-state index is 13.0. The summed E-state index contributed by atoms with van der Waals surface area (Å²) in [5, 5.41) is 2.83. The first-order valence-electron chi connectivity index (χ1n) is 10.5. The first kappa shape index (κ1) is 25.4. The van der Waals surface area contributed by atoms with Crippen LogP contribution in [0.5, 0.6) is 11.5 Å². The Morgan fingerprint density at radius 2 is 1.59 bits per heavy atom. The Morgan fingerprint density at radius 3 is 2.24 bits per heavy atom. The molecule has 0 aliphatic heterocycles. The third kappa shape index (κ3) is 6.21. The lowest BCUT2D eigenvalue weighted by Gasteiger charge is -2.13. The molecule has 0 aliphatic rings. The van der Waals surface area contributed by atoms with Crippen molar-refractivity contribution in [3.05, 3.63) is 81.9 Å². The number of anilines is 1. The van der Waals surface area contributed by atoms with E-state index in [0.29, 0.717) is 30.2 Å². The lowest BCUT2D eigenvalue weighted by molar-refractivity contribution is 0.0954. The van der Waals surface area contributed by atoms with Crippen LogP contribution in [-0.4, -0.2) is 35.1 Å². The summed E-state index contributed by atoms with van der Waals surface area (Å²) in [6.07, 6.45) is 0.555. The molecule has 3 aromatic carbocycles. The predicted molar refractivity (Wildman–Crippen MR) is 134 cm³/mol. The lowest BCUT2D eigenvalue weighted by atomic mass is 10.1. The number of methoxy groups -OCH3 is 2. The van der Waals surface area contributed by atoms with Gasteiger partial charge in [0.15, 0.2) is 11.5 Å². The monoisotopic (exact) mass is 502 g/mol. The van der Waals surface area contributed by atoms with Crippen LogP contribution in [0.1, 0.15) is 27.0 Å². The average molecular weight is 503 g/mol. The normalized spacial score (nSPS) is 11.1. The molecule has 9 heteroatoms. The van der Waals surface area contributed by atoms with Crippen LogP contribution in [0, 0.1) is 13.8 Å². The molecular weight excluding hydrogens is 476 g/mol. The Balaban J connectivity index is 1.71. The Labute approximate surface area is 205 Å². The highest BCUT2D eigenvalue weighted by Gasteiger charge is 2.21. The van der Waals surface area contributed by atoms with Crippen molar-refractivity contribution in [3.8, 4) is 11.5 Å². The fourth-order valence-electron chi connectivity index (χ4n) is 3.55. The van der Waals surface area contributed by atoms with E-state index in [2.05, 4.69) is 10.0 Å². The van der Waals surface area contributed by atoms with Crippen LogP contribution in [0.25, 0.3) is 0 Å². The van der Waals surface area contributed by atoms with E-state index in [1.54, 1.807) is 32.4 Å². The van der Waals surface area contributed by atoms with Gasteiger partial charge >= 0.3 is 0 Å². The zero-order valence-electron chi connectivity index (χ0n) is 19.4. The number of carbonyl (C=O) groups excluding carboxylic acids is 1. The van der Waals surface area contributed by atoms with E-state index in [1.165, 1.54) is 18.2 Å². The summed E-state index contributed by atoms with van der Waals surface area (Å²) in [6.45, 7) is 4.11. The largest absolute Gasteiger partial charge is 0.493 e. The standard InChI is InChI=1S/C25H27ClN2O5S/c1-16-11-17(2)13-20(12-16)28-34(30,31)24-15-19(6-7-21(24)26)25(29)27-10-9-18-5-8-22(32-3)23(14-18)33-4/h5-8,11-15,28H,9-10H2,1-4H3,(H,27,29). The highest BCUT2D eigenvalue weighted by Crippen LogP contribution is 2.28. The lowest BCUT2D eigenvalue weighted by Crippen LogP contribution is -2.26. The summed E-state index contributed by atoms with van der Waals surface area (Å²) in [7, 11) is -0.874. The van der Waals surface area contributed by atoms with Crippen molar-refractivity contribution in [1.82, 2.24) is 5.32 Å². The third-order valence-corrected chi connectivity index (χ3v) is 6.97. The maximum Gasteiger partial charge on any atom is 0.263 e. The van der Waals surface area contributed by atoms with Crippen molar-refractivity contribution >= 4 is 33.2 Å². The van der Waals surface area contributed by atoms with Crippen LogP contribution in [0.4, 0.5) is 5.69 Å². The highest BCUT2D eigenvalue weighted by molar-refractivity contribution is 7.92. The summed E-state index contributed by atoms with van der Waals surface area (Å²) in [4.78, 5) is 12.5. The van der Waals surface area contributed by atoms with Crippen molar-refractivity contribution in [3.63, 3.8) is 0 Å². The molecule has 0 fully saturated rings. The van der Waals surface area contributed by atoms with Crippen LogP contribution in [-0.2, 0) is 16.4 Å².